The highest BCUT2D eigenvalue weighted by Crippen LogP contribution is 2.28. The van der Waals surface area contributed by atoms with Crippen LogP contribution >= 0.6 is 12.2 Å². The van der Waals surface area contributed by atoms with E-state index in [1.165, 1.54) is 0 Å². The van der Waals surface area contributed by atoms with Crippen LogP contribution in [0.4, 0.5) is 0 Å². The van der Waals surface area contributed by atoms with Gasteiger partial charge in [-0.25, -0.2) is 0 Å². The molecule has 2 N–H and O–H groups in total. The molecule has 0 aliphatic carbocycles. The van der Waals surface area contributed by atoms with Gasteiger partial charge < -0.3 is 14.7 Å². The van der Waals surface area contributed by atoms with Crippen molar-refractivity contribution in [3.05, 3.63) is 16.7 Å². The van der Waals surface area contributed by atoms with E-state index in [0.29, 0.717) is 10.7 Å². The fraction of sp³-hybridized carbons (Fsp3) is 0.727. The summed E-state index contributed by atoms with van der Waals surface area (Å²) in [5, 5.41) is 9.18. The molecule has 0 radical (unpaired) electrons. The van der Waals surface area contributed by atoms with Gasteiger partial charge in [-0.2, -0.15) is 0 Å². The lowest BCUT2D eigenvalue weighted by Crippen LogP contribution is -2.26. The van der Waals surface area contributed by atoms with E-state index in [0.717, 1.165) is 12.2 Å². The average Bonchev–Trinajstić information content (AvgIpc) is 2.47. The number of hydrogen-bond acceptors (Lipinski definition) is 2. The second-order valence-corrected chi connectivity index (χ2v) is 5.36. The van der Waals surface area contributed by atoms with Crippen molar-refractivity contribution in [2.75, 3.05) is 0 Å². The normalized spacial score (nSPS) is 12.4. The zero-order chi connectivity index (χ0) is 11.6. The lowest BCUT2D eigenvalue weighted by atomic mass is 9.81. The Morgan fingerprint density at radius 3 is 2.60 bits per heavy atom. The molecular formula is C11H20N2OS. The summed E-state index contributed by atoms with van der Waals surface area (Å²) in [7, 11) is 0. The van der Waals surface area contributed by atoms with Gasteiger partial charge in [0, 0.05) is 12.7 Å². The fourth-order valence-electron chi connectivity index (χ4n) is 1.33. The zero-order valence-corrected chi connectivity index (χ0v) is 10.7. The molecule has 0 unspecified atom stereocenters. The number of hydrogen-bond donors (Lipinski definition) is 2. The number of nitrogens with zero attached hydrogens (tertiary/aromatic N) is 1. The van der Waals surface area contributed by atoms with E-state index in [1.807, 2.05) is 4.57 Å². The van der Waals surface area contributed by atoms with Crippen molar-refractivity contribution in [1.29, 1.82) is 0 Å². The average molecular weight is 228 g/mol. The molecule has 0 aliphatic rings. The predicted molar refractivity (Wildman–Crippen MR) is 64.2 cm³/mol. The van der Waals surface area contributed by atoms with E-state index < -0.39 is 0 Å². The highest BCUT2D eigenvalue weighted by molar-refractivity contribution is 7.71. The molecule has 4 heteroatoms. The van der Waals surface area contributed by atoms with Gasteiger partial charge in [-0.15, -0.1) is 0 Å². The van der Waals surface area contributed by atoms with Crippen LogP contribution in [0.5, 0.6) is 0 Å². The summed E-state index contributed by atoms with van der Waals surface area (Å²) in [5.74, 6) is 0.570. The maximum Gasteiger partial charge on any atom is 0.177 e. The first-order valence-electron chi connectivity index (χ1n) is 5.26. The molecule has 0 amide bonds. The van der Waals surface area contributed by atoms with Crippen LogP contribution in [0.25, 0.3) is 0 Å². The SMILES string of the molecule is CC(C)C(C)(C)Cn1c(CO)c[nH]c1=S. The summed E-state index contributed by atoms with van der Waals surface area (Å²) in [6, 6.07) is 0. The Morgan fingerprint density at radius 2 is 2.13 bits per heavy atom. The Bertz CT molecular complexity index is 376. The molecule has 1 aromatic heterocycles. The van der Waals surface area contributed by atoms with E-state index >= 15 is 0 Å². The molecular weight excluding hydrogens is 208 g/mol. The summed E-state index contributed by atoms with van der Waals surface area (Å²) in [5.41, 5.74) is 1.03. The fourth-order valence-corrected chi connectivity index (χ4v) is 1.57. The Morgan fingerprint density at radius 1 is 1.53 bits per heavy atom. The van der Waals surface area contributed by atoms with E-state index in [-0.39, 0.29) is 12.0 Å². The van der Waals surface area contributed by atoms with Gasteiger partial charge in [0.1, 0.15) is 0 Å². The first-order chi connectivity index (χ1) is 6.88. The first-order valence-corrected chi connectivity index (χ1v) is 5.67. The Balaban J connectivity index is 2.98. The monoisotopic (exact) mass is 228 g/mol. The maximum absolute atomic E-state index is 9.18. The smallest absolute Gasteiger partial charge is 0.177 e. The Labute approximate surface area is 96.1 Å². The van der Waals surface area contributed by atoms with Crippen molar-refractivity contribution in [1.82, 2.24) is 9.55 Å². The van der Waals surface area contributed by atoms with Crippen molar-refractivity contribution in [3.8, 4) is 0 Å². The number of H-pyrrole nitrogens is 1. The highest BCUT2D eigenvalue weighted by Gasteiger charge is 2.24. The molecule has 15 heavy (non-hydrogen) atoms. The van der Waals surface area contributed by atoms with Crippen LogP contribution in [0.2, 0.25) is 0 Å². The van der Waals surface area contributed by atoms with Gasteiger partial charge in [-0.05, 0) is 23.6 Å². The van der Waals surface area contributed by atoms with E-state index in [9.17, 15) is 5.11 Å². The van der Waals surface area contributed by atoms with E-state index in [4.69, 9.17) is 12.2 Å². The van der Waals surface area contributed by atoms with Crippen molar-refractivity contribution in [2.24, 2.45) is 11.3 Å². The molecule has 1 heterocycles. The molecule has 86 valence electrons. The van der Waals surface area contributed by atoms with Gasteiger partial charge in [-0.3, -0.25) is 0 Å². The Kier molecular flexibility index (Phi) is 3.73. The van der Waals surface area contributed by atoms with Crippen molar-refractivity contribution in [3.63, 3.8) is 0 Å². The summed E-state index contributed by atoms with van der Waals surface area (Å²) in [6.45, 7) is 9.70. The number of rotatable bonds is 4. The third-order valence-electron chi connectivity index (χ3n) is 3.24. The number of aromatic amines is 1. The van der Waals surface area contributed by atoms with Gasteiger partial charge in [0.25, 0.3) is 0 Å². The minimum absolute atomic E-state index is 0.0291. The zero-order valence-electron chi connectivity index (χ0n) is 9.87. The lowest BCUT2D eigenvalue weighted by molar-refractivity contribution is 0.198. The molecule has 0 saturated heterocycles. The molecule has 1 aromatic rings. The van der Waals surface area contributed by atoms with Gasteiger partial charge in [0.05, 0.1) is 12.3 Å². The predicted octanol–water partition coefficient (Wildman–Crippen LogP) is 2.72. The van der Waals surface area contributed by atoms with Crippen molar-refractivity contribution in [2.45, 2.75) is 40.8 Å². The number of aliphatic hydroxyl groups excluding tert-OH is 1. The number of nitrogens with one attached hydrogen (secondary N) is 1. The van der Waals surface area contributed by atoms with E-state index in [2.05, 4.69) is 32.7 Å². The summed E-state index contributed by atoms with van der Waals surface area (Å²) < 4.78 is 2.67. The van der Waals surface area contributed by atoms with Crippen LogP contribution in [0.3, 0.4) is 0 Å². The standard InChI is InChI=1S/C11H20N2OS/c1-8(2)11(3,4)7-13-9(6-14)5-12-10(13)15/h5,8,14H,6-7H2,1-4H3,(H,12,15). The van der Waals surface area contributed by atoms with E-state index in [1.54, 1.807) is 6.20 Å². The molecule has 0 aromatic carbocycles. The van der Waals surface area contributed by atoms with Gasteiger partial charge >= 0.3 is 0 Å². The molecule has 1 rings (SSSR count). The van der Waals surface area contributed by atoms with Gasteiger partial charge in [-0.1, -0.05) is 27.7 Å². The molecule has 0 fully saturated rings. The minimum Gasteiger partial charge on any atom is -0.390 e. The summed E-state index contributed by atoms with van der Waals surface area (Å²) >= 11 is 5.19. The van der Waals surface area contributed by atoms with Crippen LogP contribution in [0.1, 0.15) is 33.4 Å². The molecule has 0 aliphatic heterocycles. The van der Waals surface area contributed by atoms with Gasteiger partial charge in [0.2, 0.25) is 0 Å². The number of imidazole rings is 1. The second-order valence-electron chi connectivity index (χ2n) is 4.97. The molecule has 0 bridgehead atoms. The third-order valence-corrected chi connectivity index (χ3v) is 3.58. The number of aromatic nitrogens is 2. The maximum atomic E-state index is 9.18. The van der Waals surface area contributed by atoms with Crippen molar-refractivity contribution >= 4 is 12.2 Å². The summed E-state index contributed by atoms with van der Waals surface area (Å²) in [4.78, 5) is 2.97. The second kappa shape index (κ2) is 4.49. The van der Waals surface area contributed by atoms with Crippen LogP contribution in [-0.2, 0) is 13.2 Å². The minimum atomic E-state index is 0.0291. The molecule has 3 nitrogen and oxygen atoms in total. The van der Waals surface area contributed by atoms with Crippen LogP contribution in [0.15, 0.2) is 6.20 Å². The van der Waals surface area contributed by atoms with Gasteiger partial charge in [0.15, 0.2) is 4.77 Å². The summed E-state index contributed by atoms with van der Waals surface area (Å²) in [6.07, 6.45) is 1.78. The lowest BCUT2D eigenvalue weighted by Gasteiger charge is -2.30. The van der Waals surface area contributed by atoms with Crippen LogP contribution in [-0.4, -0.2) is 14.7 Å². The molecule has 0 saturated carbocycles. The largest absolute Gasteiger partial charge is 0.390 e. The topological polar surface area (TPSA) is 41.0 Å². The van der Waals surface area contributed by atoms with Crippen LogP contribution < -0.4 is 0 Å². The highest BCUT2D eigenvalue weighted by atomic mass is 32.1. The first kappa shape index (κ1) is 12.5. The molecule has 0 spiro atoms. The quantitative estimate of drug-likeness (QED) is 0.778. The third kappa shape index (κ3) is 2.69. The number of aliphatic hydroxyl groups is 1. The molecule has 0 atom stereocenters. The van der Waals surface area contributed by atoms with Crippen LogP contribution in [0, 0.1) is 16.1 Å². The van der Waals surface area contributed by atoms with Crippen molar-refractivity contribution < 1.29 is 5.11 Å². The Hall–Kier alpha value is -0.610.